The molecule has 1 fully saturated rings. The number of hydrogen-bond donors (Lipinski definition) is 2. The largest absolute Gasteiger partial charge is 0.445 e. The number of hydrogen-bond acceptors (Lipinski definition) is 5. The van der Waals surface area contributed by atoms with E-state index in [-0.39, 0.29) is 21.3 Å². The summed E-state index contributed by atoms with van der Waals surface area (Å²) in [5, 5.41) is 13.1. The third-order valence-corrected chi connectivity index (χ3v) is 5.96. The first-order valence-corrected chi connectivity index (χ1v) is 10.7. The van der Waals surface area contributed by atoms with Gasteiger partial charge in [-0.05, 0) is 38.0 Å². The van der Waals surface area contributed by atoms with Crippen LogP contribution in [0.5, 0.6) is 11.5 Å². The molecule has 2 N–H and O–H groups in total. The van der Waals surface area contributed by atoms with E-state index < -0.39 is 39.5 Å². The zero-order valence-corrected chi connectivity index (χ0v) is 17.0. The molecule has 1 aliphatic rings. The van der Waals surface area contributed by atoms with Crippen molar-refractivity contribution in [1.29, 1.82) is 0 Å². The average Bonchev–Trinajstić information content (AvgIpc) is 2.71. The first kappa shape index (κ1) is 21.7. The zero-order chi connectivity index (χ0) is 21.8. The maximum atomic E-state index is 13.8. The third kappa shape index (κ3) is 4.93. The fourth-order valence-corrected chi connectivity index (χ4v) is 4.20. The standard InChI is InChI=1S/C20H21F2N3O4S/c1-12-14(11-23-13(2)24-15-6-8-30(28)9-7-15)10-18(20(26)25(12)27)29-19-16(21)4-3-5-17(19)22/h3-5,10-11,15,27H,1,6-9H2,2H3,(H,23,24)/b14-11-. The first-order valence-electron chi connectivity index (χ1n) is 9.18. The van der Waals surface area contributed by atoms with Gasteiger partial charge in [0, 0.05) is 33.7 Å². The summed E-state index contributed by atoms with van der Waals surface area (Å²) in [6.45, 7) is 5.37. The molecule has 0 amide bonds. The summed E-state index contributed by atoms with van der Waals surface area (Å²) in [6, 6.07) is 4.42. The molecule has 7 nitrogen and oxygen atoms in total. The lowest BCUT2D eigenvalue weighted by atomic mass is 10.2. The molecule has 10 heteroatoms. The van der Waals surface area contributed by atoms with Crippen LogP contribution >= 0.6 is 0 Å². The molecule has 0 radical (unpaired) electrons. The zero-order valence-electron chi connectivity index (χ0n) is 16.2. The fourth-order valence-electron chi connectivity index (χ4n) is 2.93. The minimum absolute atomic E-state index is 0.0466. The lowest BCUT2D eigenvalue weighted by Gasteiger charge is -2.18. The van der Waals surface area contributed by atoms with Crippen molar-refractivity contribution < 1.29 is 22.9 Å². The van der Waals surface area contributed by atoms with Gasteiger partial charge in [-0.3, -0.25) is 14.0 Å². The lowest BCUT2D eigenvalue weighted by Crippen LogP contribution is -2.42. The summed E-state index contributed by atoms with van der Waals surface area (Å²) in [6.07, 6.45) is 2.92. The van der Waals surface area contributed by atoms with Crippen LogP contribution in [0.4, 0.5) is 8.78 Å². The molecular weight excluding hydrogens is 416 g/mol. The van der Waals surface area contributed by atoms with Crippen molar-refractivity contribution >= 4 is 29.4 Å². The van der Waals surface area contributed by atoms with Crippen LogP contribution in [0, 0.1) is 11.6 Å². The normalized spacial score (nSPS) is 20.2. The summed E-state index contributed by atoms with van der Waals surface area (Å²) in [5.74, 6) is -1.39. The van der Waals surface area contributed by atoms with Crippen LogP contribution in [0.1, 0.15) is 19.8 Å². The molecule has 1 aliphatic heterocycles. The van der Waals surface area contributed by atoms with Gasteiger partial charge >= 0.3 is 5.56 Å². The quantitative estimate of drug-likeness (QED) is 0.426. The number of nitrogens with one attached hydrogen (secondary N) is 1. The second-order valence-corrected chi connectivity index (χ2v) is 8.46. The minimum atomic E-state index is -1.01. The molecule has 0 bridgehead atoms. The number of halogens is 2. The van der Waals surface area contributed by atoms with E-state index in [4.69, 9.17) is 4.74 Å². The number of benzene rings is 1. The Morgan fingerprint density at radius 3 is 2.63 bits per heavy atom. The molecule has 0 saturated carbocycles. The smallest absolute Gasteiger partial charge is 0.326 e. The third-order valence-electron chi connectivity index (χ3n) is 4.58. The summed E-state index contributed by atoms with van der Waals surface area (Å²) >= 11 is 0. The Hall–Kier alpha value is -3.01. The molecule has 1 aromatic carbocycles. The van der Waals surface area contributed by atoms with Crippen LogP contribution < -0.4 is 26.2 Å². The second-order valence-electron chi connectivity index (χ2n) is 6.76. The van der Waals surface area contributed by atoms with Crippen LogP contribution in [0.3, 0.4) is 0 Å². The second kappa shape index (κ2) is 9.21. The van der Waals surface area contributed by atoms with Crippen LogP contribution in [-0.4, -0.2) is 37.5 Å². The van der Waals surface area contributed by atoms with E-state index >= 15 is 0 Å². The Morgan fingerprint density at radius 1 is 1.37 bits per heavy atom. The van der Waals surface area contributed by atoms with Crippen LogP contribution in [0.15, 0.2) is 34.1 Å². The molecule has 2 heterocycles. The van der Waals surface area contributed by atoms with Gasteiger partial charge in [0.25, 0.3) is 0 Å². The van der Waals surface area contributed by atoms with E-state index in [1.807, 2.05) is 0 Å². The number of aromatic nitrogens is 1. The molecule has 30 heavy (non-hydrogen) atoms. The topological polar surface area (TPSA) is 92.9 Å². The van der Waals surface area contributed by atoms with Gasteiger partial charge in [-0.2, -0.15) is 0 Å². The van der Waals surface area contributed by atoms with Crippen LogP contribution in [0.2, 0.25) is 0 Å². The Labute approximate surface area is 173 Å². The Balaban J connectivity index is 1.89. The van der Waals surface area contributed by atoms with Gasteiger partial charge in [0.15, 0.2) is 23.1 Å². The number of aliphatic imine (C=N–C) groups is 1. The molecule has 1 aromatic heterocycles. The molecule has 0 atom stereocenters. The fraction of sp³-hybridized carbons (Fsp3) is 0.300. The molecular formula is C20H21F2N3O4S. The summed E-state index contributed by atoms with van der Waals surface area (Å²) in [5.41, 5.74) is -1.01. The SMILES string of the molecule is C=c1/c(=C\NC(C)=NC2CCS(=O)CC2)cc(Oc2c(F)cccc2F)c(=O)n1O. The highest BCUT2D eigenvalue weighted by Crippen LogP contribution is 2.24. The van der Waals surface area contributed by atoms with E-state index in [1.165, 1.54) is 12.3 Å². The Kier molecular flexibility index (Phi) is 6.66. The number of nitrogens with zero attached hydrogens (tertiary/aromatic N) is 2. The van der Waals surface area contributed by atoms with Gasteiger partial charge < -0.3 is 15.3 Å². The maximum absolute atomic E-state index is 13.8. The van der Waals surface area contributed by atoms with Gasteiger partial charge in [-0.25, -0.2) is 8.78 Å². The summed E-state index contributed by atoms with van der Waals surface area (Å²) < 4.78 is 44.5. The summed E-state index contributed by atoms with van der Waals surface area (Å²) in [4.78, 5) is 16.7. The molecule has 2 aromatic rings. The predicted molar refractivity (Wildman–Crippen MR) is 111 cm³/mol. The van der Waals surface area contributed by atoms with Gasteiger partial charge in [-0.1, -0.05) is 12.6 Å². The number of amidine groups is 1. The Bertz CT molecular complexity index is 1150. The average molecular weight is 437 g/mol. The van der Waals surface area contributed by atoms with E-state index in [0.717, 1.165) is 31.0 Å². The molecule has 160 valence electrons. The number of rotatable bonds is 4. The molecule has 0 aliphatic carbocycles. The summed E-state index contributed by atoms with van der Waals surface area (Å²) in [7, 11) is -0.773. The van der Waals surface area contributed by atoms with Crippen molar-refractivity contribution in [2.75, 3.05) is 11.5 Å². The van der Waals surface area contributed by atoms with Crippen molar-refractivity contribution in [1.82, 2.24) is 10.0 Å². The van der Waals surface area contributed by atoms with Gasteiger partial charge in [0.2, 0.25) is 0 Å². The molecule has 1 saturated heterocycles. The van der Waals surface area contributed by atoms with Gasteiger partial charge in [-0.15, -0.1) is 4.73 Å². The monoisotopic (exact) mass is 437 g/mol. The minimum Gasteiger partial charge on any atom is -0.445 e. The number of pyridine rings is 1. The van der Waals surface area contributed by atoms with E-state index in [0.29, 0.717) is 17.3 Å². The van der Waals surface area contributed by atoms with E-state index in [2.05, 4.69) is 16.9 Å². The first-order chi connectivity index (χ1) is 14.3. The van der Waals surface area contributed by atoms with E-state index in [9.17, 15) is 23.0 Å². The van der Waals surface area contributed by atoms with Crippen molar-refractivity contribution in [2.24, 2.45) is 4.99 Å². The highest BCUT2D eigenvalue weighted by atomic mass is 32.2. The molecule has 0 spiro atoms. The maximum Gasteiger partial charge on any atom is 0.326 e. The van der Waals surface area contributed by atoms with Crippen LogP contribution in [0.25, 0.3) is 12.8 Å². The number of para-hydroxylation sites is 1. The highest BCUT2D eigenvalue weighted by molar-refractivity contribution is 7.85. The van der Waals surface area contributed by atoms with Crippen molar-refractivity contribution in [3.63, 3.8) is 0 Å². The predicted octanol–water partition coefficient (Wildman–Crippen LogP) is 1.22. The highest BCUT2D eigenvalue weighted by Gasteiger charge is 2.17. The Morgan fingerprint density at radius 2 is 2.00 bits per heavy atom. The van der Waals surface area contributed by atoms with Gasteiger partial charge in [0.1, 0.15) is 0 Å². The van der Waals surface area contributed by atoms with E-state index in [1.54, 1.807) is 6.92 Å². The number of ether oxygens (including phenoxy) is 1. The lowest BCUT2D eigenvalue weighted by molar-refractivity contribution is 0.162. The molecule has 3 rings (SSSR count). The van der Waals surface area contributed by atoms with Gasteiger partial charge in [0.05, 0.1) is 17.2 Å². The van der Waals surface area contributed by atoms with Crippen molar-refractivity contribution in [2.45, 2.75) is 25.8 Å². The van der Waals surface area contributed by atoms with Crippen molar-refractivity contribution in [3.8, 4) is 11.5 Å². The molecule has 0 unspecified atom stereocenters. The van der Waals surface area contributed by atoms with Crippen molar-refractivity contribution in [3.05, 3.63) is 56.8 Å². The van der Waals surface area contributed by atoms with Crippen LogP contribution in [-0.2, 0) is 10.8 Å².